The van der Waals surface area contributed by atoms with Crippen molar-refractivity contribution in [1.82, 2.24) is 25.1 Å². The van der Waals surface area contributed by atoms with Crippen molar-refractivity contribution in [2.75, 3.05) is 11.1 Å². The van der Waals surface area contributed by atoms with Crippen LogP contribution in [0.3, 0.4) is 0 Å². The van der Waals surface area contributed by atoms with E-state index in [4.69, 9.17) is 5.73 Å². The highest BCUT2D eigenvalue weighted by Gasteiger charge is 2.29. The first kappa shape index (κ1) is 27.8. The summed E-state index contributed by atoms with van der Waals surface area (Å²) in [4.78, 5) is 20.2. The SMILES string of the molecule is Cn1cc(C(=O)N[C@@H]2CCC[C@H](Nc3nc(-c4c[nH]c5c(F)cc(F)cc45)c(C#N)c(-c4ccccc4)c3F)C2)c(N)n1. The minimum atomic E-state index is -0.799. The summed E-state index contributed by atoms with van der Waals surface area (Å²) >= 11 is 0. The minimum Gasteiger partial charge on any atom is -0.382 e. The predicted octanol–water partition coefficient (Wildman–Crippen LogP) is 5.65. The van der Waals surface area contributed by atoms with Gasteiger partial charge in [-0.2, -0.15) is 10.4 Å². The molecule has 12 heteroatoms. The highest BCUT2D eigenvalue weighted by molar-refractivity contribution is 5.99. The molecular formula is C31H27F3N8O. The summed E-state index contributed by atoms with van der Waals surface area (Å²) in [5.41, 5.74) is 6.92. The third-order valence-corrected chi connectivity index (χ3v) is 7.73. The zero-order valence-electron chi connectivity index (χ0n) is 23.1. The Morgan fingerprint density at radius 1 is 1.16 bits per heavy atom. The number of hydrogen-bond acceptors (Lipinski definition) is 6. The standard InChI is InChI=1S/C31H27F3N8O/c1-42-15-23(29(36)41-42)31(43)39-19-9-5-8-18(12-19)38-30-26(34)25(16-6-3-2-4-7-16)21(13-35)27(40-30)22-14-37-28-20(22)10-17(32)11-24(28)33/h2-4,6-7,10-11,14-15,18-19,37H,5,8-9,12H2,1H3,(H2,36,41)(H,38,40)(H,39,43)/t18-,19+/m0/s1. The number of anilines is 2. The fourth-order valence-corrected chi connectivity index (χ4v) is 5.78. The van der Waals surface area contributed by atoms with Gasteiger partial charge in [0.2, 0.25) is 0 Å². The number of H-pyrrole nitrogens is 1. The van der Waals surface area contributed by atoms with E-state index in [1.54, 1.807) is 43.6 Å². The Bertz CT molecular complexity index is 1890. The van der Waals surface area contributed by atoms with Gasteiger partial charge < -0.3 is 21.4 Å². The number of benzene rings is 2. The summed E-state index contributed by atoms with van der Waals surface area (Å²) < 4.78 is 46.6. The molecule has 2 atom stereocenters. The normalized spacial score (nSPS) is 16.6. The average Bonchev–Trinajstić information content (AvgIpc) is 3.56. The molecule has 0 aliphatic heterocycles. The Balaban J connectivity index is 1.38. The molecular weight excluding hydrogens is 557 g/mol. The molecule has 0 spiro atoms. The zero-order chi connectivity index (χ0) is 30.2. The van der Waals surface area contributed by atoms with Gasteiger partial charge in [-0.25, -0.2) is 18.2 Å². The first-order valence-electron chi connectivity index (χ1n) is 13.8. The van der Waals surface area contributed by atoms with Crippen molar-refractivity contribution < 1.29 is 18.0 Å². The molecule has 3 heterocycles. The van der Waals surface area contributed by atoms with Crippen LogP contribution in [0.2, 0.25) is 0 Å². The van der Waals surface area contributed by atoms with Crippen molar-refractivity contribution in [1.29, 1.82) is 5.26 Å². The largest absolute Gasteiger partial charge is 0.382 e. The van der Waals surface area contributed by atoms with Crippen LogP contribution < -0.4 is 16.4 Å². The van der Waals surface area contributed by atoms with Gasteiger partial charge in [-0.1, -0.05) is 30.3 Å². The van der Waals surface area contributed by atoms with Gasteiger partial charge in [-0.15, -0.1) is 0 Å². The Labute approximate surface area is 244 Å². The number of rotatable bonds is 6. The fraction of sp³-hybridized carbons (Fsp3) is 0.226. The number of carbonyl (C=O) groups excluding carboxylic acids is 1. The molecule has 1 aliphatic rings. The number of nitrogens with two attached hydrogens (primary N) is 1. The van der Waals surface area contributed by atoms with Crippen LogP contribution in [0.4, 0.5) is 24.8 Å². The smallest absolute Gasteiger partial charge is 0.256 e. The maximum absolute atomic E-state index is 16.3. The number of nitrogens with one attached hydrogen (secondary N) is 3. The average molecular weight is 585 g/mol. The number of aryl methyl sites for hydroxylation is 1. The van der Waals surface area contributed by atoms with E-state index in [0.29, 0.717) is 18.4 Å². The number of nitrogen functional groups attached to an aromatic ring is 1. The number of aromatic amines is 1. The predicted molar refractivity (Wildman–Crippen MR) is 156 cm³/mol. The molecule has 5 N–H and O–H groups in total. The number of halogens is 3. The highest BCUT2D eigenvalue weighted by Crippen LogP contribution is 2.39. The number of aromatic nitrogens is 4. The molecule has 0 radical (unpaired) electrons. The molecule has 218 valence electrons. The maximum atomic E-state index is 16.3. The molecule has 2 aromatic carbocycles. The molecule has 0 bridgehead atoms. The second kappa shape index (κ2) is 11.2. The van der Waals surface area contributed by atoms with E-state index in [0.717, 1.165) is 25.0 Å². The third-order valence-electron chi connectivity index (χ3n) is 7.73. The summed E-state index contributed by atoms with van der Waals surface area (Å²) in [6, 6.07) is 12.1. The lowest BCUT2D eigenvalue weighted by atomic mass is 9.90. The Kier molecular flexibility index (Phi) is 7.23. The number of pyridine rings is 1. The summed E-state index contributed by atoms with van der Waals surface area (Å²) in [6.45, 7) is 0. The van der Waals surface area contributed by atoms with Gasteiger partial charge in [0.05, 0.1) is 16.8 Å². The fourth-order valence-electron chi connectivity index (χ4n) is 5.78. The quantitative estimate of drug-likeness (QED) is 0.203. The van der Waals surface area contributed by atoms with Crippen LogP contribution in [0.1, 0.15) is 41.6 Å². The van der Waals surface area contributed by atoms with Crippen LogP contribution in [-0.2, 0) is 7.05 Å². The van der Waals surface area contributed by atoms with Crippen molar-refractivity contribution in [3.8, 4) is 28.5 Å². The number of nitrogens with zero attached hydrogens (tertiary/aromatic N) is 4. The van der Waals surface area contributed by atoms with E-state index >= 15 is 4.39 Å². The van der Waals surface area contributed by atoms with Crippen LogP contribution >= 0.6 is 0 Å². The summed E-state index contributed by atoms with van der Waals surface area (Å²) in [7, 11) is 1.67. The molecule has 1 amide bonds. The molecule has 1 fully saturated rings. The van der Waals surface area contributed by atoms with Crippen molar-refractivity contribution in [2.45, 2.75) is 37.8 Å². The Morgan fingerprint density at radius 2 is 1.93 bits per heavy atom. The maximum Gasteiger partial charge on any atom is 0.256 e. The van der Waals surface area contributed by atoms with Crippen molar-refractivity contribution in [3.63, 3.8) is 0 Å². The lowest BCUT2D eigenvalue weighted by Crippen LogP contribution is -2.42. The van der Waals surface area contributed by atoms with E-state index in [9.17, 15) is 18.8 Å². The molecule has 3 aromatic heterocycles. The van der Waals surface area contributed by atoms with E-state index in [-0.39, 0.29) is 68.5 Å². The molecule has 0 saturated heterocycles. The molecule has 1 saturated carbocycles. The van der Waals surface area contributed by atoms with Gasteiger partial charge in [0.15, 0.2) is 17.5 Å². The number of nitriles is 1. The van der Waals surface area contributed by atoms with E-state index in [2.05, 4.69) is 31.8 Å². The molecule has 6 rings (SSSR count). The van der Waals surface area contributed by atoms with Crippen molar-refractivity contribution in [2.24, 2.45) is 7.05 Å². The lowest BCUT2D eigenvalue weighted by molar-refractivity contribution is 0.0927. The monoisotopic (exact) mass is 584 g/mol. The van der Waals surface area contributed by atoms with Gasteiger partial charge in [0.1, 0.15) is 23.3 Å². The first-order valence-corrected chi connectivity index (χ1v) is 13.8. The minimum absolute atomic E-state index is 0.0227. The number of carbonyl (C=O) groups is 1. The van der Waals surface area contributed by atoms with E-state index in [1.807, 2.05) is 0 Å². The van der Waals surface area contributed by atoms with E-state index in [1.165, 1.54) is 10.9 Å². The van der Waals surface area contributed by atoms with Crippen LogP contribution in [0.5, 0.6) is 0 Å². The lowest BCUT2D eigenvalue weighted by Gasteiger charge is -2.31. The van der Waals surface area contributed by atoms with Gasteiger partial charge in [-0.05, 0) is 37.3 Å². The second-order valence-corrected chi connectivity index (χ2v) is 10.6. The molecule has 5 aromatic rings. The van der Waals surface area contributed by atoms with Crippen molar-refractivity contribution in [3.05, 3.63) is 83.4 Å². The summed E-state index contributed by atoms with van der Waals surface area (Å²) in [5, 5.41) is 20.6. The van der Waals surface area contributed by atoms with Crippen LogP contribution in [0.25, 0.3) is 33.3 Å². The van der Waals surface area contributed by atoms with Gasteiger partial charge >= 0.3 is 0 Å². The first-order chi connectivity index (χ1) is 20.7. The Morgan fingerprint density at radius 3 is 2.65 bits per heavy atom. The van der Waals surface area contributed by atoms with Crippen LogP contribution in [-0.4, -0.2) is 37.7 Å². The third kappa shape index (κ3) is 5.25. The van der Waals surface area contributed by atoms with Crippen LogP contribution in [0, 0.1) is 28.8 Å². The second-order valence-electron chi connectivity index (χ2n) is 10.6. The van der Waals surface area contributed by atoms with Gasteiger partial charge in [0, 0.05) is 54.1 Å². The Hall–Kier alpha value is -5.31. The van der Waals surface area contributed by atoms with Gasteiger partial charge in [-0.3, -0.25) is 9.48 Å². The van der Waals surface area contributed by atoms with Crippen LogP contribution in [0.15, 0.2) is 54.9 Å². The summed E-state index contributed by atoms with van der Waals surface area (Å²) in [6.07, 6.45) is 5.62. The summed E-state index contributed by atoms with van der Waals surface area (Å²) in [5.74, 6) is -2.63. The number of hydrogen-bond donors (Lipinski definition) is 4. The molecule has 1 aliphatic carbocycles. The molecule has 0 unspecified atom stereocenters. The van der Waals surface area contributed by atoms with Crippen molar-refractivity contribution >= 4 is 28.4 Å². The topological polar surface area (TPSA) is 137 Å². The zero-order valence-corrected chi connectivity index (χ0v) is 23.1. The van der Waals surface area contributed by atoms with Gasteiger partial charge in [0.25, 0.3) is 5.91 Å². The number of amides is 1. The van der Waals surface area contributed by atoms with E-state index < -0.39 is 17.5 Å². The highest BCUT2D eigenvalue weighted by atomic mass is 19.1. The number of fused-ring (bicyclic) bond motifs is 1. The molecule has 9 nitrogen and oxygen atoms in total. The molecule has 43 heavy (non-hydrogen) atoms.